The summed E-state index contributed by atoms with van der Waals surface area (Å²) in [6.45, 7) is 2.06. The van der Waals surface area contributed by atoms with E-state index < -0.39 is 0 Å². The van der Waals surface area contributed by atoms with Gasteiger partial charge in [0.2, 0.25) is 5.75 Å². The van der Waals surface area contributed by atoms with Crippen molar-refractivity contribution in [3.8, 4) is 17.2 Å². The number of rotatable bonds is 5. The van der Waals surface area contributed by atoms with Gasteiger partial charge in [0.1, 0.15) is 0 Å². The number of aryl methyl sites for hydroxylation is 1. The summed E-state index contributed by atoms with van der Waals surface area (Å²) in [7, 11) is 4.79. The molecule has 1 aromatic carbocycles. The molecule has 0 aliphatic carbocycles. The number of hydrogen-bond acceptors (Lipinski definition) is 5. The highest BCUT2D eigenvalue weighted by molar-refractivity contribution is 7.10. The Labute approximate surface area is 123 Å². The summed E-state index contributed by atoms with van der Waals surface area (Å²) >= 11 is 1.65. The van der Waals surface area contributed by atoms with Gasteiger partial charge in [0, 0.05) is 4.88 Å². The van der Waals surface area contributed by atoms with Crippen LogP contribution in [-0.4, -0.2) is 21.3 Å². The van der Waals surface area contributed by atoms with Crippen molar-refractivity contribution < 1.29 is 14.2 Å². The molecule has 108 valence electrons. The van der Waals surface area contributed by atoms with Crippen LogP contribution in [0.1, 0.15) is 22.0 Å². The molecule has 0 saturated heterocycles. The topological polar surface area (TPSA) is 53.7 Å². The molecule has 0 radical (unpaired) electrons. The van der Waals surface area contributed by atoms with Crippen LogP contribution in [-0.2, 0) is 0 Å². The summed E-state index contributed by atoms with van der Waals surface area (Å²) in [6.07, 6.45) is 0. The van der Waals surface area contributed by atoms with E-state index in [0.29, 0.717) is 17.2 Å². The fraction of sp³-hybridized carbons (Fsp3) is 0.333. The largest absolute Gasteiger partial charge is 0.493 e. The van der Waals surface area contributed by atoms with Crippen LogP contribution >= 0.6 is 11.3 Å². The summed E-state index contributed by atoms with van der Waals surface area (Å²) in [5.41, 5.74) is 8.48. The van der Waals surface area contributed by atoms with Crippen LogP contribution in [0, 0.1) is 6.92 Å². The minimum atomic E-state index is -0.205. The van der Waals surface area contributed by atoms with Gasteiger partial charge in [-0.15, -0.1) is 11.3 Å². The normalized spacial score (nSPS) is 12.1. The minimum Gasteiger partial charge on any atom is -0.493 e. The Bertz CT molecular complexity index is 570. The van der Waals surface area contributed by atoms with E-state index in [1.54, 1.807) is 32.7 Å². The highest BCUT2D eigenvalue weighted by Crippen LogP contribution is 2.41. The first kappa shape index (κ1) is 14.7. The van der Waals surface area contributed by atoms with E-state index in [1.165, 1.54) is 5.56 Å². The third-order valence-electron chi connectivity index (χ3n) is 3.23. The van der Waals surface area contributed by atoms with Crippen molar-refractivity contribution >= 4 is 11.3 Å². The molecule has 1 heterocycles. The zero-order valence-electron chi connectivity index (χ0n) is 12.1. The molecule has 0 bridgehead atoms. The third kappa shape index (κ3) is 2.59. The smallest absolute Gasteiger partial charge is 0.203 e. The molecule has 0 aliphatic rings. The molecule has 0 saturated carbocycles. The molecule has 2 N–H and O–H groups in total. The predicted molar refractivity (Wildman–Crippen MR) is 81.2 cm³/mol. The first-order valence-corrected chi connectivity index (χ1v) is 7.09. The maximum Gasteiger partial charge on any atom is 0.203 e. The summed E-state index contributed by atoms with van der Waals surface area (Å²) in [6, 6.07) is 5.65. The lowest BCUT2D eigenvalue weighted by molar-refractivity contribution is 0.323. The van der Waals surface area contributed by atoms with Crippen LogP contribution in [0.2, 0.25) is 0 Å². The Balaban J connectivity index is 2.49. The quantitative estimate of drug-likeness (QED) is 0.920. The van der Waals surface area contributed by atoms with Gasteiger partial charge in [-0.05, 0) is 41.6 Å². The maximum atomic E-state index is 6.36. The average molecular weight is 293 g/mol. The molecule has 4 nitrogen and oxygen atoms in total. The van der Waals surface area contributed by atoms with Gasteiger partial charge < -0.3 is 19.9 Å². The molecule has 20 heavy (non-hydrogen) atoms. The number of thiophene rings is 1. The number of hydrogen-bond donors (Lipinski definition) is 1. The molecular formula is C15H19NO3S. The average Bonchev–Trinajstić information content (AvgIpc) is 2.90. The van der Waals surface area contributed by atoms with Crippen molar-refractivity contribution in [1.29, 1.82) is 0 Å². The molecule has 1 unspecified atom stereocenters. The van der Waals surface area contributed by atoms with E-state index in [4.69, 9.17) is 19.9 Å². The van der Waals surface area contributed by atoms with E-state index in [1.807, 2.05) is 17.5 Å². The lowest BCUT2D eigenvalue weighted by atomic mass is 10.0. The monoisotopic (exact) mass is 293 g/mol. The first-order valence-electron chi connectivity index (χ1n) is 6.21. The molecule has 5 heteroatoms. The first-order chi connectivity index (χ1) is 9.62. The molecule has 1 atom stereocenters. The number of benzene rings is 1. The van der Waals surface area contributed by atoms with E-state index in [0.717, 1.165) is 10.4 Å². The van der Waals surface area contributed by atoms with Crippen molar-refractivity contribution in [1.82, 2.24) is 0 Å². The van der Waals surface area contributed by atoms with Crippen LogP contribution in [0.25, 0.3) is 0 Å². The van der Waals surface area contributed by atoms with E-state index >= 15 is 0 Å². The molecule has 2 rings (SSSR count). The van der Waals surface area contributed by atoms with Crippen LogP contribution in [0.5, 0.6) is 17.2 Å². The number of methoxy groups -OCH3 is 3. The van der Waals surface area contributed by atoms with Gasteiger partial charge in [-0.3, -0.25) is 0 Å². The van der Waals surface area contributed by atoms with Crippen LogP contribution in [0.15, 0.2) is 23.6 Å². The predicted octanol–water partition coefficient (Wildman–Crippen LogP) is 3.13. The molecule has 1 aromatic heterocycles. The van der Waals surface area contributed by atoms with Crippen molar-refractivity contribution in [2.24, 2.45) is 5.73 Å². The summed E-state index contributed by atoms with van der Waals surface area (Å²) < 4.78 is 16.0. The van der Waals surface area contributed by atoms with Crippen molar-refractivity contribution in [2.75, 3.05) is 21.3 Å². The fourth-order valence-electron chi connectivity index (χ4n) is 2.14. The Hall–Kier alpha value is -1.72. The third-order valence-corrected chi connectivity index (χ3v) is 4.33. The molecule has 0 fully saturated rings. The fourth-order valence-corrected chi connectivity index (χ4v) is 3.09. The Morgan fingerprint density at radius 2 is 1.65 bits per heavy atom. The van der Waals surface area contributed by atoms with Gasteiger partial charge in [-0.1, -0.05) is 0 Å². The summed E-state index contributed by atoms with van der Waals surface area (Å²) in [5.74, 6) is 1.81. The molecule has 0 amide bonds. The summed E-state index contributed by atoms with van der Waals surface area (Å²) in [5, 5.41) is 2.04. The SMILES string of the molecule is COc1cc(C(N)c2sccc2C)cc(OC)c1OC. The lowest BCUT2D eigenvalue weighted by Gasteiger charge is -2.17. The van der Waals surface area contributed by atoms with Gasteiger partial charge in [0.05, 0.1) is 27.4 Å². The van der Waals surface area contributed by atoms with Crippen LogP contribution < -0.4 is 19.9 Å². The standard InChI is InChI=1S/C15H19NO3S/c1-9-5-6-20-15(9)13(16)10-7-11(17-2)14(19-4)12(8-10)18-3/h5-8,13H,16H2,1-4H3. The van der Waals surface area contributed by atoms with Gasteiger partial charge in [-0.2, -0.15) is 0 Å². The van der Waals surface area contributed by atoms with E-state index in [2.05, 4.69) is 13.0 Å². The molecule has 0 spiro atoms. The maximum absolute atomic E-state index is 6.36. The Morgan fingerprint density at radius 3 is 2.05 bits per heavy atom. The number of ether oxygens (including phenoxy) is 3. The zero-order chi connectivity index (χ0) is 14.7. The summed E-state index contributed by atoms with van der Waals surface area (Å²) in [4.78, 5) is 1.14. The van der Waals surface area contributed by atoms with Gasteiger partial charge in [0.25, 0.3) is 0 Å². The highest BCUT2D eigenvalue weighted by Gasteiger charge is 2.19. The number of nitrogens with two attached hydrogens (primary N) is 1. The van der Waals surface area contributed by atoms with Crippen molar-refractivity contribution in [3.05, 3.63) is 39.6 Å². The van der Waals surface area contributed by atoms with Crippen molar-refractivity contribution in [2.45, 2.75) is 13.0 Å². The highest BCUT2D eigenvalue weighted by atomic mass is 32.1. The van der Waals surface area contributed by atoms with Crippen LogP contribution in [0.3, 0.4) is 0 Å². The van der Waals surface area contributed by atoms with Gasteiger partial charge >= 0.3 is 0 Å². The second kappa shape index (κ2) is 6.15. The van der Waals surface area contributed by atoms with Crippen molar-refractivity contribution in [3.63, 3.8) is 0 Å². The lowest BCUT2D eigenvalue weighted by Crippen LogP contribution is -2.12. The Kier molecular flexibility index (Phi) is 4.52. The minimum absolute atomic E-state index is 0.205. The van der Waals surface area contributed by atoms with Crippen LogP contribution in [0.4, 0.5) is 0 Å². The Morgan fingerprint density at radius 1 is 1.05 bits per heavy atom. The second-order valence-corrected chi connectivity index (χ2v) is 5.35. The zero-order valence-corrected chi connectivity index (χ0v) is 12.9. The van der Waals surface area contributed by atoms with Gasteiger partial charge in [0.15, 0.2) is 11.5 Å². The van der Waals surface area contributed by atoms with Gasteiger partial charge in [-0.25, -0.2) is 0 Å². The second-order valence-electron chi connectivity index (χ2n) is 4.40. The van der Waals surface area contributed by atoms with E-state index in [9.17, 15) is 0 Å². The molecule has 2 aromatic rings. The van der Waals surface area contributed by atoms with E-state index in [-0.39, 0.29) is 6.04 Å². The molecular weight excluding hydrogens is 274 g/mol. The molecule has 0 aliphatic heterocycles.